The van der Waals surface area contributed by atoms with Gasteiger partial charge in [0.05, 0.1) is 16.0 Å². The highest BCUT2D eigenvalue weighted by Crippen LogP contribution is 2.32. The lowest BCUT2D eigenvalue weighted by atomic mass is 10.2. The fraction of sp³-hybridized carbons (Fsp3) is 0.0588. The zero-order valence-corrected chi connectivity index (χ0v) is 16.8. The standard InChI is InChI=1S/C17H11BrN4S3/c18-12-6-2-1-5-11(12)9-19-16-22-21-15(25-16)10-23-17-20-13-7-3-4-8-14(13)24-17/h1-9H,10H2/b19-9+. The number of hydrogen-bond acceptors (Lipinski definition) is 7. The molecule has 0 saturated carbocycles. The average molecular weight is 447 g/mol. The molecule has 0 spiro atoms. The van der Waals surface area contributed by atoms with E-state index in [0.29, 0.717) is 5.13 Å². The topological polar surface area (TPSA) is 51.0 Å². The molecular formula is C17H11BrN4S3. The Balaban J connectivity index is 1.42. The molecule has 25 heavy (non-hydrogen) atoms. The van der Waals surface area contributed by atoms with Gasteiger partial charge in [-0.05, 0) is 18.2 Å². The number of fused-ring (bicyclic) bond motifs is 1. The Hall–Kier alpha value is -1.61. The maximum absolute atomic E-state index is 4.62. The van der Waals surface area contributed by atoms with Crippen LogP contribution in [0.1, 0.15) is 10.6 Å². The van der Waals surface area contributed by atoms with E-state index in [1.165, 1.54) is 16.0 Å². The summed E-state index contributed by atoms with van der Waals surface area (Å²) in [5.74, 6) is 0.752. The second-order valence-electron chi connectivity index (χ2n) is 4.99. The summed E-state index contributed by atoms with van der Waals surface area (Å²) < 4.78 is 3.27. The number of benzene rings is 2. The largest absolute Gasteiger partial charge is 0.231 e. The summed E-state index contributed by atoms with van der Waals surface area (Å²) in [4.78, 5) is 9.04. The number of rotatable bonds is 5. The third-order valence-electron chi connectivity index (χ3n) is 3.27. The van der Waals surface area contributed by atoms with Crippen molar-refractivity contribution in [1.29, 1.82) is 0 Å². The summed E-state index contributed by atoms with van der Waals surface area (Å²) in [6.45, 7) is 0. The van der Waals surface area contributed by atoms with E-state index in [4.69, 9.17) is 0 Å². The number of nitrogens with zero attached hydrogens (tertiary/aromatic N) is 4. The summed E-state index contributed by atoms with van der Waals surface area (Å²) >= 11 is 8.40. The van der Waals surface area contributed by atoms with Crippen LogP contribution in [0, 0.1) is 0 Å². The second kappa shape index (κ2) is 7.74. The molecule has 2 aromatic carbocycles. The van der Waals surface area contributed by atoms with Crippen LogP contribution in [0.4, 0.5) is 5.13 Å². The Labute approximate surface area is 165 Å². The SMILES string of the molecule is Brc1ccccc1/C=N/c1nnc(CSc2nc3ccccc3s2)s1. The molecule has 0 atom stereocenters. The third-order valence-corrected chi connectivity index (χ3v) is 7.20. The van der Waals surface area contributed by atoms with Crippen molar-refractivity contribution >= 4 is 71.9 Å². The zero-order chi connectivity index (χ0) is 17.1. The average Bonchev–Trinajstić information content (AvgIpc) is 3.25. The minimum atomic E-state index is 0.663. The summed E-state index contributed by atoms with van der Waals surface area (Å²) in [5.41, 5.74) is 2.06. The van der Waals surface area contributed by atoms with Crippen LogP contribution in [0.25, 0.3) is 10.2 Å². The van der Waals surface area contributed by atoms with Crippen molar-refractivity contribution in [3.63, 3.8) is 0 Å². The van der Waals surface area contributed by atoms with Crippen molar-refractivity contribution < 1.29 is 0 Å². The number of thiazole rings is 1. The van der Waals surface area contributed by atoms with E-state index in [-0.39, 0.29) is 0 Å². The number of halogens is 1. The molecule has 124 valence electrons. The lowest BCUT2D eigenvalue weighted by Gasteiger charge is -1.94. The van der Waals surface area contributed by atoms with Gasteiger partial charge >= 0.3 is 0 Å². The van der Waals surface area contributed by atoms with Crippen molar-refractivity contribution in [2.45, 2.75) is 10.1 Å². The van der Waals surface area contributed by atoms with Crippen LogP contribution < -0.4 is 0 Å². The normalized spacial score (nSPS) is 11.6. The molecule has 0 unspecified atom stereocenters. The summed E-state index contributed by atoms with van der Waals surface area (Å²) in [6, 6.07) is 16.1. The van der Waals surface area contributed by atoms with E-state index in [2.05, 4.69) is 42.2 Å². The van der Waals surface area contributed by atoms with Gasteiger partial charge in [-0.2, -0.15) is 0 Å². The third kappa shape index (κ3) is 4.14. The van der Waals surface area contributed by atoms with Gasteiger partial charge in [0.1, 0.15) is 5.01 Å². The number of thioether (sulfide) groups is 1. The molecule has 0 aliphatic heterocycles. The van der Waals surface area contributed by atoms with E-state index >= 15 is 0 Å². The number of aromatic nitrogens is 3. The van der Waals surface area contributed by atoms with E-state index < -0.39 is 0 Å². The van der Waals surface area contributed by atoms with Crippen molar-refractivity contribution in [3.8, 4) is 0 Å². The highest BCUT2D eigenvalue weighted by Gasteiger charge is 2.07. The van der Waals surface area contributed by atoms with Crippen LogP contribution in [-0.2, 0) is 5.75 Å². The first-order valence-electron chi connectivity index (χ1n) is 7.37. The minimum Gasteiger partial charge on any atom is -0.230 e. The summed E-state index contributed by atoms with van der Waals surface area (Å²) in [7, 11) is 0. The molecule has 8 heteroatoms. The maximum Gasteiger partial charge on any atom is 0.231 e. The van der Waals surface area contributed by atoms with Gasteiger partial charge in [-0.15, -0.1) is 21.5 Å². The molecule has 2 aromatic heterocycles. The van der Waals surface area contributed by atoms with Crippen LogP contribution in [0.5, 0.6) is 0 Å². The Morgan fingerprint density at radius 2 is 1.88 bits per heavy atom. The molecule has 0 aliphatic carbocycles. The van der Waals surface area contributed by atoms with Crippen molar-refractivity contribution in [1.82, 2.24) is 15.2 Å². The van der Waals surface area contributed by atoms with Gasteiger partial charge in [0.15, 0.2) is 4.34 Å². The monoisotopic (exact) mass is 446 g/mol. The Morgan fingerprint density at radius 3 is 2.76 bits per heavy atom. The predicted molar refractivity (Wildman–Crippen MR) is 110 cm³/mol. The van der Waals surface area contributed by atoms with Gasteiger partial charge in [-0.1, -0.05) is 69.4 Å². The molecule has 0 aliphatic rings. The van der Waals surface area contributed by atoms with E-state index in [1.54, 1.807) is 29.3 Å². The Kier molecular flexibility index (Phi) is 5.21. The quantitative estimate of drug-likeness (QED) is 0.280. The lowest BCUT2D eigenvalue weighted by molar-refractivity contribution is 1.04. The van der Waals surface area contributed by atoms with Gasteiger partial charge in [0.2, 0.25) is 5.13 Å². The van der Waals surface area contributed by atoms with Gasteiger partial charge in [-0.25, -0.2) is 9.98 Å². The number of aliphatic imine (C=N–C) groups is 1. The van der Waals surface area contributed by atoms with Crippen LogP contribution in [0.2, 0.25) is 0 Å². The molecule has 4 nitrogen and oxygen atoms in total. The van der Waals surface area contributed by atoms with E-state index in [9.17, 15) is 0 Å². The van der Waals surface area contributed by atoms with Crippen LogP contribution >= 0.6 is 50.4 Å². The number of hydrogen-bond donors (Lipinski definition) is 0. The minimum absolute atomic E-state index is 0.663. The highest BCUT2D eigenvalue weighted by atomic mass is 79.9. The van der Waals surface area contributed by atoms with Crippen LogP contribution in [-0.4, -0.2) is 21.4 Å². The molecule has 0 bridgehead atoms. The van der Waals surface area contributed by atoms with Gasteiger partial charge in [0, 0.05) is 16.3 Å². The summed E-state index contributed by atoms with van der Waals surface area (Å²) in [5, 5.41) is 9.97. The molecule has 0 amide bonds. The summed E-state index contributed by atoms with van der Waals surface area (Å²) in [6.07, 6.45) is 1.80. The molecule has 4 rings (SSSR count). The Morgan fingerprint density at radius 1 is 1.04 bits per heavy atom. The zero-order valence-electron chi connectivity index (χ0n) is 12.8. The lowest BCUT2D eigenvalue weighted by Crippen LogP contribution is -1.81. The molecule has 4 aromatic rings. The fourth-order valence-corrected chi connectivity index (χ4v) is 5.22. The predicted octanol–water partition coefficient (Wildman–Crippen LogP) is 5.95. The van der Waals surface area contributed by atoms with Crippen molar-refractivity contribution in [3.05, 3.63) is 63.6 Å². The second-order valence-corrected chi connectivity index (χ2v) is 9.14. The Bertz CT molecular complexity index is 1010. The van der Waals surface area contributed by atoms with Crippen LogP contribution in [0.15, 0.2) is 62.3 Å². The number of para-hydroxylation sites is 1. The molecule has 0 saturated heterocycles. The smallest absolute Gasteiger partial charge is 0.230 e. The van der Waals surface area contributed by atoms with Crippen LogP contribution in [0.3, 0.4) is 0 Å². The van der Waals surface area contributed by atoms with Crippen molar-refractivity contribution in [2.75, 3.05) is 0 Å². The van der Waals surface area contributed by atoms with E-state index in [0.717, 1.165) is 30.7 Å². The molecule has 0 fully saturated rings. The maximum atomic E-state index is 4.62. The van der Waals surface area contributed by atoms with Gasteiger partial charge in [0.25, 0.3) is 0 Å². The van der Waals surface area contributed by atoms with Crippen molar-refractivity contribution in [2.24, 2.45) is 4.99 Å². The first-order chi connectivity index (χ1) is 12.3. The highest BCUT2D eigenvalue weighted by molar-refractivity contribution is 9.10. The van der Waals surface area contributed by atoms with Gasteiger partial charge in [-0.3, -0.25) is 0 Å². The molecule has 2 heterocycles. The molecular weight excluding hydrogens is 436 g/mol. The van der Waals surface area contributed by atoms with E-state index in [1.807, 2.05) is 42.5 Å². The fourth-order valence-electron chi connectivity index (χ4n) is 2.10. The molecule has 0 N–H and O–H groups in total. The first-order valence-corrected chi connectivity index (χ1v) is 10.8. The molecule has 0 radical (unpaired) electrons. The first kappa shape index (κ1) is 16.8. The van der Waals surface area contributed by atoms with Gasteiger partial charge < -0.3 is 0 Å².